The third-order valence-electron chi connectivity index (χ3n) is 3.59. The molecule has 25 heavy (non-hydrogen) atoms. The van der Waals surface area contributed by atoms with Crippen molar-refractivity contribution >= 4 is 23.0 Å². The molecule has 4 nitrogen and oxygen atoms in total. The normalized spacial score (nSPS) is 10.5. The van der Waals surface area contributed by atoms with Gasteiger partial charge in [-0.05, 0) is 37.3 Å². The zero-order chi connectivity index (χ0) is 17.8. The lowest BCUT2D eigenvalue weighted by atomic mass is 9.98. The maximum absolute atomic E-state index is 13.0. The lowest BCUT2D eigenvalue weighted by Gasteiger charge is -2.09. The minimum Gasteiger partial charge on any atom is -0.346 e. The Bertz CT molecular complexity index is 919. The van der Waals surface area contributed by atoms with Crippen LogP contribution in [0.5, 0.6) is 0 Å². The van der Waals surface area contributed by atoms with Gasteiger partial charge in [-0.25, -0.2) is 9.37 Å². The van der Waals surface area contributed by atoms with E-state index in [4.69, 9.17) is 0 Å². The van der Waals surface area contributed by atoms with Gasteiger partial charge in [-0.15, -0.1) is 11.3 Å². The van der Waals surface area contributed by atoms with Crippen LogP contribution in [0.1, 0.15) is 37.0 Å². The number of nitrogens with zero attached hydrogens (tertiary/aromatic N) is 1. The van der Waals surface area contributed by atoms with E-state index in [1.54, 1.807) is 24.3 Å². The van der Waals surface area contributed by atoms with Crippen LogP contribution in [0.2, 0.25) is 0 Å². The fourth-order valence-electron chi connectivity index (χ4n) is 2.37. The molecule has 0 aliphatic rings. The van der Waals surface area contributed by atoms with Crippen LogP contribution in [0, 0.1) is 12.7 Å². The lowest BCUT2D eigenvalue weighted by Crippen LogP contribution is -2.25. The Morgan fingerprint density at radius 3 is 2.40 bits per heavy atom. The lowest BCUT2D eigenvalue weighted by molar-refractivity contribution is 0.0939. The van der Waals surface area contributed by atoms with E-state index >= 15 is 0 Å². The van der Waals surface area contributed by atoms with E-state index < -0.39 is 5.82 Å². The number of carbonyl (C=O) groups excluding carboxylic acids is 2. The highest BCUT2D eigenvalue weighted by molar-refractivity contribution is 7.09. The van der Waals surface area contributed by atoms with Gasteiger partial charge in [0.25, 0.3) is 5.91 Å². The highest BCUT2D eigenvalue weighted by Gasteiger charge is 2.18. The quantitative estimate of drug-likeness (QED) is 0.710. The molecular formula is C19H15FN2O2S. The van der Waals surface area contributed by atoms with Crippen LogP contribution in [-0.4, -0.2) is 16.7 Å². The monoisotopic (exact) mass is 354 g/mol. The van der Waals surface area contributed by atoms with Crippen molar-refractivity contribution in [2.24, 2.45) is 0 Å². The van der Waals surface area contributed by atoms with Gasteiger partial charge in [0.2, 0.25) is 0 Å². The molecule has 2 aromatic carbocycles. The maximum atomic E-state index is 13.0. The van der Waals surface area contributed by atoms with E-state index in [1.807, 2.05) is 12.3 Å². The van der Waals surface area contributed by atoms with Crippen LogP contribution < -0.4 is 5.32 Å². The van der Waals surface area contributed by atoms with E-state index in [2.05, 4.69) is 10.3 Å². The Morgan fingerprint density at radius 2 is 1.76 bits per heavy atom. The van der Waals surface area contributed by atoms with Crippen LogP contribution in [0.25, 0.3) is 0 Å². The van der Waals surface area contributed by atoms with Gasteiger partial charge in [0, 0.05) is 22.2 Å². The van der Waals surface area contributed by atoms with Gasteiger partial charge >= 0.3 is 0 Å². The number of aryl methyl sites for hydroxylation is 1. The molecule has 0 aliphatic carbocycles. The highest BCUT2D eigenvalue weighted by atomic mass is 32.1. The molecular weight excluding hydrogens is 339 g/mol. The Kier molecular flexibility index (Phi) is 5.00. The molecule has 0 fully saturated rings. The largest absolute Gasteiger partial charge is 0.346 e. The summed E-state index contributed by atoms with van der Waals surface area (Å²) in [6.45, 7) is 2.19. The minimum atomic E-state index is -0.415. The molecule has 0 bridgehead atoms. The van der Waals surface area contributed by atoms with Crippen LogP contribution in [0.4, 0.5) is 4.39 Å². The number of amides is 1. The van der Waals surface area contributed by atoms with Gasteiger partial charge in [-0.2, -0.15) is 0 Å². The van der Waals surface area contributed by atoms with Gasteiger partial charge in [0.15, 0.2) is 5.78 Å². The molecule has 0 spiro atoms. The molecule has 1 aromatic heterocycles. The van der Waals surface area contributed by atoms with Crippen LogP contribution in [0.15, 0.2) is 53.9 Å². The number of rotatable bonds is 5. The van der Waals surface area contributed by atoms with Crippen LogP contribution in [-0.2, 0) is 6.54 Å². The molecule has 6 heteroatoms. The number of carbonyl (C=O) groups is 2. The van der Waals surface area contributed by atoms with Crippen molar-refractivity contribution in [2.45, 2.75) is 13.5 Å². The summed E-state index contributed by atoms with van der Waals surface area (Å²) in [5.74, 6) is -1.09. The van der Waals surface area contributed by atoms with Crippen molar-refractivity contribution in [2.75, 3.05) is 0 Å². The predicted molar refractivity (Wildman–Crippen MR) is 94.3 cm³/mol. The summed E-state index contributed by atoms with van der Waals surface area (Å²) in [5, 5.41) is 5.49. The van der Waals surface area contributed by atoms with Crippen molar-refractivity contribution in [3.63, 3.8) is 0 Å². The fraction of sp³-hybridized carbons (Fsp3) is 0.105. The van der Waals surface area contributed by atoms with Gasteiger partial charge in [0.05, 0.1) is 12.1 Å². The number of hydrogen-bond acceptors (Lipinski definition) is 4. The SMILES string of the molecule is Cc1csc(CNC(=O)c2ccccc2C(=O)c2ccc(F)cc2)n1. The van der Waals surface area contributed by atoms with Gasteiger partial charge in [-0.1, -0.05) is 18.2 Å². The fourth-order valence-corrected chi connectivity index (χ4v) is 3.08. The van der Waals surface area contributed by atoms with E-state index in [0.717, 1.165) is 10.7 Å². The zero-order valence-corrected chi connectivity index (χ0v) is 14.3. The number of hydrogen-bond donors (Lipinski definition) is 1. The third-order valence-corrected chi connectivity index (χ3v) is 4.56. The summed E-state index contributed by atoms with van der Waals surface area (Å²) in [6.07, 6.45) is 0. The van der Waals surface area contributed by atoms with Crippen LogP contribution in [0.3, 0.4) is 0 Å². The summed E-state index contributed by atoms with van der Waals surface area (Å²) >= 11 is 1.47. The van der Waals surface area contributed by atoms with Crippen LogP contribution >= 0.6 is 11.3 Å². The summed E-state index contributed by atoms with van der Waals surface area (Å²) in [6, 6.07) is 11.8. The second-order valence-electron chi connectivity index (χ2n) is 5.45. The third kappa shape index (κ3) is 3.97. The topological polar surface area (TPSA) is 59.1 Å². The molecule has 126 valence electrons. The molecule has 0 radical (unpaired) electrons. The summed E-state index contributed by atoms with van der Waals surface area (Å²) < 4.78 is 13.0. The van der Waals surface area contributed by atoms with E-state index in [-0.39, 0.29) is 22.8 Å². The van der Waals surface area contributed by atoms with Gasteiger partial charge in [0.1, 0.15) is 10.8 Å². The summed E-state index contributed by atoms with van der Waals surface area (Å²) in [7, 11) is 0. The molecule has 1 N–H and O–H groups in total. The second kappa shape index (κ2) is 7.36. The molecule has 1 amide bonds. The first kappa shape index (κ1) is 17.0. The Hall–Kier alpha value is -2.86. The number of nitrogens with one attached hydrogen (secondary N) is 1. The zero-order valence-electron chi connectivity index (χ0n) is 13.5. The number of halogens is 1. The molecule has 3 rings (SSSR count). The molecule has 0 atom stereocenters. The molecule has 3 aromatic rings. The first-order valence-electron chi connectivity index (χ1n) is 7.63. The molecule has 0 unspecified atom stereocenters. The molecule has 0 aliphatic heterocycles. The maximum Gasteiger partial charge on any atom is 0.252 e. The molecule has 0 saturated carbocycles. The van der Waals surface area contributed by atoms with Crippen molar-refractivity contribution < 1.29 is 14.0 Å². The van der Waals surface area contributed by atoms with Crippen molar-refractivity contribution in [3.8, 4) is 0 Å². The number of ketones is 1. The first-order valence-corrected chi connectivity index (χ1v) is 8.51. The standard InChI is InChI=1S/C19H15FN2O2S/c1-12-11-25-17(22-12)10-21-19(24)16-5-3-2-4-15(16)18(23)13-6-8-14(20)9-7-13/h2-9,11H,10H2,1H3,(H,21,24). The van der Waals surface area contributed by atoms with E-state index in [9.17, 15) is 14.0 Å². The van der Waals surface area contributed by atoms with Crippen molar-refractivity contribution in [1.29, 1.82) is 0 Å². The number of benzene rings is 2. The number of aromatic nitrogens is 1. The van der Waals surface area contributed by atoms with Crippen molar-refractivity contribution in [3.05, 3.63) is 87.1 Å². The van der Waals surface area contributed by atoms with Gasteiger partial charge in [-0.3, -0.25) is 9.59 Å². The average Bonchev–Trinajstić information content (AvgIpc) is 3.05. The number of thiazole rings is 1. The van der Waals surface area contributed by atoms with Gasteiger partial charge < -0.3 is 5.32 Å². The second-order valence-corrected chi connectivity index (χ2v) is 6.39. The minimum absolute atomic E-state index is 0.280. The van der Waals surface area contributed by atoms with E-state index in [0.29, 0.717) is 12.1 Å². The smallest absolute Gasteiger partial charge is 0.252 e. The summed E-state index contributed by atoms with van der Waals surface area (Å²) in [5.41, 5.74) is 1.80. The summed E-state index contributed by atoms with van der Waals surface area (Å²) in [4.78, 5) is 29.4. The Morgan fingerprint density at radius 1 is 1.08 bits per heavy atom. The van der Waals surface area contributed by atoms with E-state index in [1.165, 1.54) is 35.6 Å². The Labute approximate surface area is 148 Å². The molecule has 1 heterocycles. The van der Waals surface area contributed by atoms with Crippen molar-refractivity contribution in [1.82, 2.24) is 10.3 Å². The predicted octanol–water partition coefficient (Wildman–Crippen LogP) is 3.75. The highest BCUT2D eigenvalue weighted by Crippen LogP contribution is 2.16. The Balaban J connectivity index is 1.81. The average molecular weight is 354 g/mol. The first-order chi connectivity index (χ1) is 12.0. The molecule has 0 saturated heterocycles.